The number of aromatic nitrogens is 1. The summed E-state index contributed by atoms with van der Waals surface area (Å²) in [5.41, 5.74) is 2.06. The molecule has 0 aliphatic heterocycles. The van der Waals surface area contributed by atoms with E-state index in [2.05, 4.69) is 4.98 Å². The molecule has 0 aliphatic carbocycles. The molecule has 1 radical (unpaired) electrons. The first-order valence-corrected chi connectivity index (χ1v) is 4.80. The van der Waals surface area contributed by atoms with Gasteiger partial charge in [0.05, 0.1) is 10.5 Å². The number of halogens is 1. The van der Waals surface area contributed by atoms with Gasteiger partial charge in [-0.15, -0.1) is 6.42 Å². The molecule has 1 aromatic heterocycles. The first-order chi connectivity index (χ1) is 6.83. The number of carbonyl (C=O) groups excluding carboxylic acids is 1. The molecule has 1 heterocycles. The van der Waals surface area contributed by atoms with E-state index in [9.17, 15) is 4.79 Å². The Hall–Kier alpha value is -0.618. The van der Waals surface area contributed by atoms with E-state index >= 15 is 0 Å². The van der Waals surface area contributed by atoms with Crippen LogP contribution < -0.4 is 0 Å². The molecule has 1 N–H and O–H groups in total. The molecule has 0 atom stereocenters. The normalized spacial score (nSPS) is 9.93. The summed E-state index contributed by atoms with van der Waals surface area (Å²) in [5.74, 6) is 0. The molecule has 0 amide bonds. The Labute approximate surface area is 107 Å². The number of rotatable bonds is 3. The van der Waals surface area contributed by atoms with Crippen LogP contribution in [0.4, 0.5) is 0 Å². The van der Waals surface area contributed by atoms with E-state index in [0.29, 0.717) is 17.9 Å². The molecule has 0 unspecified atom stereocenters. The van der Waals surface area contributed by atoms with Crippen LogP contribution in [0.15, 0.2) is 24.4 Å². The molecule has 1 aromatic carbocycles. The average Bonchev–Trinajstić information content (AvgIpc) is 2.60. The first kappa shape index (κ1) is 12.5. The van der Waals surface area contributed by atoms with Crippen molar-refractivity contribution in [3.63, 3.8) is 0 Å². The number of nitrogens with one attached hydrogen (secondary N) is 1. The van der Waals surface area contributed by atoms with E-state index in [1.165, 1.54) is 0 Å². The number of hydrogen-bond donors (Lipinski definition) is 1. The van der Waals surface area contributed by atoms with Gasteiger partial charge in [-0.1, -0.05) is 23.7 Å². The van der Waals surface area contributed by atoms with E-state index in [1.54, 1.807) is 0 Å². The second kappa shape index (κ2) is 5.46. The van der Waals surface area contributed by atoms with Crippen molar-refractivity contribution in [2.24, 2.45) is 0 Å². The van der Waals surface area contributed by atoms with E-state index in [0.717, 1.165) is 16.5 Å². The van der Waals surface area contributed by atoms with Crippen molar-refractivity contribution in [3.8, 4) is 0 Å². The summed E-state index contributed by atoms with van der Waals surface area (Å²) >= 11 is 6.00. The van der Waals surface area contributed by atoms with Gasteiger partial charge in [0.1, 0.15) is 0 Å². The van der Waals surface area contributed by atoms with Crippen molar-refractivity contribution in [1.82, 2.24) is 4.98 Å². The molecule has 0 fully saturated rings. The van der Waals surface area contributed by atoms with Crippen molar-refractivity contribution >= 4 is 28.8 Å². The summed E-state index contributed by atoms with van der Waals surface area (Å²) in [6.07, 6.45) is 4.93. The van der Waals surface area contributed by atoms with Gasteiger partial charge in [0, 0.05) is 32.0 Å². The SMILES string of the molecule is O=[C-]CCc1c[nH]c2c(Cl)cccc12.[Re]. The standard InChI is InChI=1S/C11H9ClNO.Re/c12-10-5-1-4-9-8(3-2-6-14)7-13-11(9)10;/h1,4-5,7,13H,2-3H2;/q-1;. The number of aryl methyl sites for hydroxylation is 1. The molecule has 0 aliphatic rings. The maximum atomic E-state index is 10.1. The van der Waals surface area contributed by atoms with Crippen LogP contribution in [0.25, 0.3) is 10.9 Å². The second-order valence-electron chi connectivity index (χ2n) is 3.12. The number of para-hydroxylation sites is 1. The minimum atomic E-state index is 0. The molecular weight excluding hydrogens is 384 g/mol. The van der Waals surface area contributed by atoms with Crippen LogP contribution in [-0.4, -0.2) is 11.3 Å². The van der Waals surface area contributed by atoms with Crippen LogP contribution in [0, 0.1) is 0 Å². The van der Waals surface area contributed by atoms with E-state index in [-0.39, 0.29) is 20.4 Å². The van der Waals surface area contributed by atoms with Gasteiger partial charge in [0.15, 0.2) is 0 Å². The van der Waals surface area contributed by atoms with Crippen LogP contribution in [-0.2, 0) is 31.6 Å². The van der Waals surface area contributed by atoms with E-state index in [1.807, 2.05) is 30.7 Å². The topological polar surface area (TPSA) is 32.9 Å². The van der Waals surface area contributed by atoms with Gasteiger partial charge >= 0.3 is 0 Å². The molecule has 4 heteroatoms. The molecule has 2 rings (SSSR count). The fourth-order valence-electron chi connectivity index (χ4n) is 1.57. The Morgan fingerprint density at radius 1 is 1.40 bits per heavy atom. The van der Waals surface area contributed by atoms with Gasteiger partial charge < -0.3 is 9.78 Å². The largest absolute Gasteiger partial charge is 0.542 e. The number of fused-ring (bicyclic) bond motifs is 1. The minimum absolute atomic E-state index is 0. The molecule has 0 saturated carbocycles. The smallest absolute Gasteiger partial charge is 0.0647 e. The zero-order valence-electron chi connectivity index (χ0n) is 7.89. The maximum Gasteiger partial charge on any atom is 0.0647 e. The number of benzene rings is 1. The molecule has 15 heavy (non-hydrogen) atoms. The van der Waals surface area contributed by atoms with E-state index < -0.39 is 0 Å². The molecule has 79 valence electrons. The minimum Gasteiger partial charge on any atom is -0.542 e. The van der Waals surface area contributed by atoms with Crippen LogP contribution >= 0.6 is 11.6 Å². The van der Waals surface area contributed by atoms with Gasteiger partial charge in [-0.25, -0.2) is 0 Å². The number of aromatic amines is 1. The molecule has 0 bridgehead atoms. The van der Waals surface area contributed by atoms with Crippen molar-refractivity contribution in [2.45, 2.75) is 12.8 Å². The van der Waals surface area contributed by atoms with Gasteiger partial charge in [0.25, 0.3) is 0 Å². The Morgan fingerprint density at radius 3 is 2.93 bits per heavy atom. The fraction of sp³-hybridized carbons (Fsp3) is 0.182. The van der Waals surface area contributed by atoms with Crippen molar-refractivity contribution in [3.05, 3.63) is 35.0 Å². The monoisotopic (exact) mass is 393 g/mol. The molecular formula is C11H9ClNORe-. The molecule has 2 nitrogen and oxygen atoms in total. The third kappa shape index (κ3) is 2.49. The van der Waals surface area contributed by atoms with Crippen LogP contribution in [0.5, 0.6) is 0 Å². The van der Waals surface area contributed by atoms with Gasteiger partial charge in [-0.2, -0.15) is 0 Å². The first-order valence-electron chi connectivity index (χ1n) is 4.42. The predicted molar refractivity (Wildman–Crippen MR) is 57.3 cm³/mol. The number of hydrogen-bond acceptors (Lipinski definition) is 1. The van der Waals surface area contributed by atoms with Crippen molar-refractivity contribution in [2.75, 3.05) is 0 Å². The Morgan fingerprint density at radius 2 is 2.20 bits per heavy atom. The maximum absolute atomic E-state index is 10.1. The fourth-order valence-corrected chi connectivity index (χ4v) is 1.80. The van der Waals surface area contributed by atoms with Gasteiger partial charge in [-0.05, 0) is 18.1 Å². The molecule has 2 aromatic rings. The average molecular weight is 393 g/mol. The van der Waals surface area contributed by atoms with Crippen LogP contribution in [0.1, 0.15) is 12.0 Å². The van der Waals surface area contributed by atoms with E-state index in [4.69, 9.17) is 11.6 Å². The van der Waals surface area contributed by atoms with Crippen LogP contribution in [0.3, 0.4) is 0 Å². The van der Waals surface area contributed by atoms with Crippen molar-refractivity contribution in [1.29, 1.82) is 0 Å². The molecule has 0 saturated heterocycles. The van der Waals surface area contributed by atoms with Crippen LogP contribution in [0.2, 0.25) is 5.02 Å². The van der Waals surface area contributed by atoms with Gasteiger partial charge in [0.2, 0.25) is 0 Å². The van der Waals surface area contributed by atoms with Crippen molar-refractivity contribution < 1.29 is 25.2 Å². The predicted octanol–water partition coefficient (Wildman–Crippen LogP) is 2.86. The second-order valence-corrected chi connectivity index (χ2v) is 3.53. The Kier molecular flexibility index (Phi) is 4.53. The molecule has 0 spiro atoms. The Bertz CT molecular complexity index is 467. The number of H-pyrrole nitrogens is 1. The van der Waals surface area contributed by atoms with Gasteiger partial charge in [-0.3, -0.25) is 6.29 Å². The summed E-state index contributed by atoms with van der Waals surface area (Å²) in [4.78, 5) is 13.2. The Balaban J connectivity index is 0.00000112. The third-order valence-corrected chi connectivity index (χ3v) is 2.56. The zero-order valence-corrected chi connectivity index (χ0v) is 11.4. The summed E-state index contributed by atoms with van der Waals surface area (Å²) in [5, 5.41) is 1.80. The third-order valence-electron chi connectivity index (χ3n) is 2.25. The summed E-state index contributed by atoms with van der Waals surface area (Å²) in [6, 6.07) is 5.75. The summed E-state index contributed by atoms with van der Waals surface area (Å²) < 4.78 is 0. The summed E-state index contributed by atoms with van der Waals surface area (Å²) in [7, 11) is 0. The summed E-state index contributed by atoms with van der Waals surface area (Å²) in [6.45, 7) is 0. The zero-order chi connectivity index (χ0) is 9.97. The quantitative estimate of drug-likeness (QED) is 0.800.